The van der Waals surface area contributed by atoms with E-state index in [9.17, 15) is 9.90 Å². The van der Waals surface area contributed by atoms with E-state index in [-0.39, 0.29) is 16.9 Å². The molecular weight excluding hydrogens is 234 g/mol. The maximum atomic E-state index is 12.0. The molecule has 0 aliphatic heterocycles. The van der Waals surface area contributed by atoms with E-state index in [1.165, 1.54) is 11.8 Å². The Bertz CT molecular complexity index is 377. The van der Waals surface area contributed by atoms with Crippen molar-refractivity contribution in [3.8, 4) is 5.75 Å². The van der Waals surface area contributed by atoms with Crippen molar-refractivity contribution in [1.82, 2.24) is 4.90 Å². The normalized spacial score (nSPS) is 12.2. The van der Waals surface area contributed by atoms with Gasteiger partial charge in [0.2, 0.25) is 5.91 Å². The van der Waals surface area contributed by atoms with E-state index in [0.29, 0.717) is 0 Å². The molecule has 0 radical (unpaired) electrons. The summed E-state index contributed by atoms with van der Waals surface area (Å²) in [5.74, 6) is 0.347. The van der Waals surface area contributed by atoms with Crippen molar-refractivity contribution >= 4 is 17.7 Å². The van der Waals surface area contributed by atoms with Crippen molar-refractivity contribution < 1.29 is 9.90 Å². The minimum atomic E-state index is -0.178. The lowest BCUT2D eigenvalue weighted by Crippen LogP contribution is -2.36. The highest BCUT2D eigenvalue weighted by molar-refractivity contribution is 8.00. The van der Waals surface area contributed by atoms with E-state index in [1.54, 1.807) is 17.0 Å². The number of hydrogen-bond acceptors (Lipinski definition) is 3. The van der Waals surface area contributed by atoms with Gasteiger partial charge in [0.05, 0.1) is 5.25 Å². The van der Waals surface area contributed by atoms with Crippen LogP contribution in [0.2, 0.25) is 0 Å². The molecule has 1 rings (SSSR count). The molecule has 0 spiro atoms. The highest BCUT2D eigenvalue weighted by atomic mass is 32.2. The number of carbonyl (C=O) groups excluding carboxylic acids is 1. The molecule has 0 saturated carbocycles. The van der Waals surface area contributed by atoms with Gasteiger partial charge in [-0.25, -0.2) is 0 Å². The smallest absolute Gasteiger partial charge is 0.235 e. The standard InChI is InChI=1S/C13H19NO2S/c1-4-14(5-2)13(16)10(3)17-12-9-7-6-8-11(12)15/h6-10,15H,4-5H2,1-3H3. The van der Waals surface area contributed by atoms with E-state index in [4.69, 9.17) is 0 Å². The Hall–Kier alpha value is -1.16. The highest BCUT2D eigenvalue weighted by Gasteiger charge is 2.19. The van der Waals surface area contributed by atoms with Crippen LogP contribution in [0.25, 0.3) is 0 Å². The van der Waals surface area contributed by atoms with Crippen molar-refractivity contribution in [3.05, 3.63) is 24.3 Å². The van der Waals surface area contributed by atoms with Gasteiger partial charge in [0.15, 0.2) is 0 Å². The fraction of sp³-hybridized carbons (Fsp3) is 0.462. The second kappa shape index (κ2) is 6.55. The van der Waals surface area contributed by atoms with E-state index < -0.39 is 0 Å². The molecule has 0 bridgehead atoms. The number of benzene rings is 1. The third kappa shape index (κ3) is 3.66. The molecule has 1 amide bonds. The van der Waals surface area contributed by atoms with Crippen LogP contribution >= 0.6 is 11.8 Å². The van der Waals surface area contributed by atoms with Gasteiger partial charge in [-0.05, 0) is 32.9 Å². The van der Waals surface area contributed by atoms with Gasteiger partial charge in [-0.2, -0.15) is 0 Å². The van der Waals surface area contributed by atoms with Crippen molar-refractivity contribution in [2.45, 2.75) is 30.9 Å². The molecule has 0 aliphatic carbocycles. The van der Waals surface area contributed by atoms with Crippen LogP contribution in [0.3, 0.4) is 0 Å². The maximum Gasteiger partial charge on any atom is 0.235 e. The Morgan fingerprint density at radius 1 is 1.35 bits per heavy atom. The third-order valence-electron chi connectivity index (χ3n) is 2.59. The molecule has 4 heteroatoms. The molecule has 0 heterocycles. The lowest BCUT2D eigenvalue weighted by Gasteiger charge is -2.22. The summed E-state index contributed by atoms with van der Waals surface area (Å²) in [6, 6.07) is 7.09. The maximum absolute atomic E-state index is 12.0. The summed E-state index contributed by atoms with van der Waals surface area (Å²) in [6.07, 6.45) is 0. The van der Waals surface area contributed by atoms with Crippen LogP contribution in [0.1, 0.15) is 20.8 Å². The molecule has 1 aromatic rings. The first-order valence-electron chi connectivity index (χ1n) is 5.83. The Kier molecular flexibility index (Phi) is 5.35. The van der Waals surface area contributed by atoms with Gasteiger partial charge >= 0.3 is 0 Å². The Labute approximate surface area is 107 Å². The van der Waals surface area contributed by atoms with Crippen LogP contribution in [0.5, 0.6) is 5.75 Å². The Morgan fingerprint density at radius 3 is 2.47 bits per heavy atom. The quantitative estimate of drug-likeness (QED) is 0.820. The first kappa shape index (κ1) is 13.9. The number of rotatable bonds is 5. The molecule has 0 aliphatic rings. The van der Waals surface area contributed by atoms with Crippen LogP contribution < -0.4 is 0 Å². The van der Waals surface area contributed by atoms with Crippen LogP contribution in [-0.2, 0) is 4.79 Å². The fourth-order valence-corrected chi connectivity index (χ4v) is 2.57. The summed E-state index contributed by atoms with van der Waals surface area (Å²) in [6.45, 7) is 7.26. The number of aromatic hydroxyl groups is 1. The second-order valence-electron chi connectivity index (χ2n) is 3.74. The van der Waals surface area contributed by atoms with Gasteiger partial charge < -0.3 is 10.0 Å². The number of thioether (sulfide) groups is 1. The lowest BCUT2D eigenvalue weighted by molar-refractivity contribution is -0.129. The first-order valence-corrected chi connectivity index (χ1v) is 6.71. The molecule has 1 aromatic carbocycles. The van der Waals surface area contributed by atoms with E-state index >= 15 is 0 Å². The Morgan fingerprint density at radius 2 is 1.94 bits per heavy atom. The summed E-state index contributed by atoms with van der Waals surface area (Å²) >= 11 is 1.40. The van der Waals surface area contributed by atoms with Crippen molar-refractivity contribution in [3.63, 3.8) is 0 Å². The van der Waals surface area contributed by atoms with Gasteiger partial charge in [-0.1, -0.05) is 12.1 Å². The number of carbonyl (C=O) groups is 1. The minimum absolute atomic E-state index is 0.114. The van der Waals surface area contributed by atoms with Crippen molar-refractivity contribution in [1.29, 1.82) is 0 Å². The zero-order valence-electron chi connectivity index (χ0n) is 10.5. The molecule has 0 saturated heterocycles. The molecule has 1 N–H and O–H groups in total. The fourth-order valence-electron chi connectivity index (χ4n) is 1.59. The number of para-hydroxylation sites is 1. The first-order chi connectivity index (χ1) is 8.10. The third-order valence-corrected chi connectivity index (χ3v) is 3.75. The molecule has 1 unspecified atom stereocenters. The van der Waals surface area contributed by atoms with Gasteiger partial charge in [0.1, 0.15) is 5.75 Å². The molecular formula is C13H19NO2S. The summed E-state index contributed by atoms with van der Waals surface area (Å²) in [4.78, 5) is 14.6. The van der Waals surface area contributed by atoms with E-state index in [2.05, 4.69) is 0 Å². The summed E-state index contributed by atoms with van der Waals surface area (Å²) in [5.41, 5.74) is 0. The molecule has 0 aromatic heterocycles. The van der Waals surface area contributed by atoms with Gasteiger partial charge in [-0.15, -0.1) is 11.8 Å². The average molecular weight is 253 g/mol. The Balaban J connectivity index is 2.69. The molecule has 0 fully saturated rings. The number of phenolic OH excluding ortho intramolecular Hbond substituents is 1. The van der Waals surface area contributed by atoms with Gasteiger partial charge in [0.25, 0.3) is 0 Å². The topological polar surface area (TPSA) is 40.5 Å². The predicted molar refractivity (Wildman–Crippen MR) is 71.4 cm³/mol. The van der Waals surface area contributed by atoms with Crippen LogP contribution in [0.15, 0.2) is 29.2 Å². The molecule has 17 heavy (non-hydrogen) atoms. The average Bonchev–Trinajstić information content (AvgIpc) is 2.33. The van der Waals surface area contributed by atoms with Crippen LogP contribution in [0.4, 0.5) is 0 Å². The zero-order chi connectivity index (χ0) is 12.8. The summed E-state index contributed by atoms with van der Waals surface area (Å²) in [7, 11) is 0. The second-order valence-corrected chi connectivity index (χ2v) is 5.12. The van der Waals surface area contributed by atoms with Crippen molar-refractivity contribution in [2.24, 2.45) is 0 Å². The zero-order valence-corrected chi connectivity index (χ0v) is 11.3. The number of nitrogens with zero attached hydrogens (tertiary/aromatic N) is 1. The largest absolute Gasteiger partial charge is 0.507 e. The van der Waals surface area contributed by atoms with Crippen LogP contribution in [-0.4, -0.2) is 34.3 Å². The van der Waals surface area contributed by atoms with E-state index in [0.717, 1.165) is 18.0 Å². The monoisotopic (exact) mass is 253 g/mol. The number of amides is 1. The van der Waals surface area contributed by atoms with E-state index in [1.807, 2.05) is 32.9 Å². The van der Waals surface area contributed by atoms with Gasteiger partial charge in [0, 0.05) is 18.0 Å². The molecule has 1 atom stereocenters. The highest BCUT2D eigenvalue weighted by Crippen LogP contribution is 2.31. The summed E-state index contributed by atoms with van der Waals surface area (Å²) in [5, 5.41) is 9.47. The lowest BCUT2D eigenvalue weighted by atomic mass is 10.3. The van der Waals surface area contributed by atoms with Crippen molar-refractivity contribution in [2.75, 3.05) is 13.1 Å². The predicted octanol–water partition coefficient (Wildman–Crippen LogP) is 2.74. The van der Waals surface area contributed by atoms with Crippen LogP contribution in [0, 0.1) is 0 Å². The minimum Gasteiger partial charge on any atom is -0.507 e. The van der Waals surface area contributed by atoms with Gasteiger partial charge in [-0.3, -0.25) is 4.79 Å². The summed E-state index contributed by atoms with van der Waals surface area (Å²) < 4.78 is 0. The molecule has 3 nitrogen and oxygen atoms in total. The number of hydrogen-bond donors (Lipinski definition) is 1. The SMILES string of the molecule is CCN(CC)C(=O)C(C)Sc1ccccc1O. The molecule has 94 valence electrons. The number of phenols is 1.